The Bertz CT molecular complexity index is 314. The molecule has 1 rings (SSSR count). The van der Waals surface area contributed by atoms with Gasteiger partial charge in [0, 0.05) is 15.8 Å². The molecule has 1 aromatic rings. The molecule has 1 N–H and O–H groups in total. The second kappa shape index (κ2) is 4.02. The molecule has 0 aliphatic carbocycles. The molecule has 0 spiro atoms. The van der Waals surface area contributed by atoms with Crippen LogP contribution in [0, 0.1) is 0 Å². The van der Waals surface area contributed by atoms with Crippen LogP contribution in [0.2, 0.25) is 0 Å². The lowest BCUT2D eigenvalue weighted by Gasteiger charge is -2.06. The molecule has 66 valence electrons. The summed E-state index contributed by atoms with van der Waals surface area (Å²) in [7, 11) is 0. The SMILES string of the molecule is O=S([O-])Cc1cc(Br)ccc1O. The summed E-state index contributed by atoms with van der Waals surface area (Å²) in [5.41, 5.74) is 0.401. The van der Waals surface area contributed by atoms with Crippen molar-refractivity contribution in [1.29, 1.82) is 0 Å². The van der Waals surface area contributed by atoms with Crippen molar-refractivity contribution >= 4 is 27.0 Å². The molecule has 0 bridgehead atoms. The third-order valence-corrected chi connectivity index (χ3v) is 2.35. The Hall–Kier alpha value is -0.390. The van der Waals surface area contributed by atoms with Crippen LogP contribution in [0.4, 0.5) is 0 Å². The molecule has 0 radical (unpaired) electrons. The summed E-state index contributed by atoms with van der Waals surface area (Å²) in [6.45, 7) is 0. The van der Waals surface area contributed by atoms with Crippen LogP contribution in [0.15, 0.2) is 22.7 Å². The minimum absolute atomic E-state index is 0.00222. The zero-order valence-electron chi connectivity index (χ0n) is 5.99. The van der Waals surface area contributed by atoms with E-state index in [4.69, 9.17) is 0 Å². The molecular formula is C7H6BrO3S-. The lowest BCUT2D eigenvalue weighted by molar-refractivity contribution is 0.468. The van der Waals surface area contributed by atoms with Crippen LogP contribution >= 0.6 is 15.9 Å². The van der Waals surface area contributed by atoms with Crippen LogP contribution < -0.4 is 0 Å². The van der Waals surface area contributed by atoms with Gasteiger partial charge in [0.2, 0.25) is 0 Å². The van der Waals surface area contributed by atoms with E-state index < -0.39 is 11.1 Å². The first kappa shape index (κ1) is 9.70. The van der Waals surface area contributed by atoms with Gasteiger partial charge < -0.3 is 9.66 Å². The summed E-state index contributed by atoms with van der Waals surface area (Å²) in [5.74, 6) is -0.159. The number of hydrogen-bond donors (Lipinski definition) is 1. The van der Waals surface area contributed by atoms with Gasteiger partial charge in [-0.1, -0.05) is 27.0 Å². The highest BCUT2D eigenvalue weighted by Crippen LogP contribution is 2.22. The summed E-state index contributed by atoms with van der Waals surface area (Å²) < 4.78 is 21.4. The van der Waals surface area contributed by atoms with E-state index in [9.17, 15) is 13.9 Å². The van der Waals surface area contributed by atoms with E-state index >= 15 is 0 Å². The van der Waals surface area contributed by atoms with Crippen LogP contribution in [0.3, 0.4) is 0 Å². The summed E-state index contributed by atoms with van der Waals surface area (Å²) in [5, 5.41) is 9.19. The lowest BCUT2D eigenvalue weighted by Crippen LogP contribution is -1.93. The van der Waals surface area contributed by atoms with Gasteiger partial charge in [0.15, 0.2) is 0 Å². The molecule has 5 heteroatoms. The van der Waals surface area contributed by atoms with Crippen LogP contribution in [0.1, 0.15) is 5.56 Å². The largest absolute Gasteiger partial charge is 0.772 e. The Morgan fingerprint density at radius 3 is 2.83 bits per heavy atom. The van der Waals surface area contributed by atoms with Crippen molar-refractivity contribution in [2.24, 2.45) is 0 Å². The maximum Gasteiger partial charge on any atom is 0.119 e. The molecule has 0 amide bonds. The average molecular weight is 250 g/mol. The number of phenolic OH excluding ortho intramolecular Hbond substituents is 1. The number of halogens is 1. The van der Waals surface area contributed by atoms with Gasteiger partial charge in [-0.25, -0.2) is 0 Å². The minimum Gasteiger partial charge on any atom is -0.772 e. The normalized spacial score (nSPS) is 12.8. The van der Waals surface area contributed by atoms with Crippen molar-refractivity contribution in [3.8, 4) is 5.75 Å². The number of benzene rings is 1. The van der Waals surface area contributed by atoms with E-state index in [2.05, 4.69) is 15.9 Å². The van der Waals surface area contributed by atoms with E-state index in [1.54, 1.807) is 12.1 Å². The van der Waals surface area contributed by atoms with Gasteiger partial charge in [-0.15, -0.1) is 0 Å². The summed E-state index contributed by atoms with van der Waals surface area (Å²) in [6.07, 6.45) is 0. The average Bonchev–Trinajstić information content (AvgIpc) is 1.96. The third-order valence-electron chi connectivity index (χ3n) is 1.31. The van der Waals surface area contributed by atoms with Crippen LogP contribution in [0.5, 0.6) is 5.75 Å². The predicted molar refractivity (Wildman–Crippen MR) is 48.4 cm³/mol. The number of rotatable bonds is 2. The monoisotopic (exact) mass is 249 g/mol. The van der Waals surface area contributed by atoms with Crippen molar-refractivity contribution in [2.75, 3.05) is 0 Å². The quantitative estimate of drug-likeness (QED) is 0.810. The van der Waals surface area contributed by atoms with Gasteiger partial charge in [0.05, 0.1) is 0 Å². The van der Waals surface area contributed by atoms with Crippen molar-refractivity contribution in [3.63, 3.8) is 0 Å². The molecule has 1 aromatic carbocycles. The van der Waals surface area contributed by atoms with E-state index in [1.165, 1.54) is 6.07 Å². The maximum absolute atomic E-state index is 10.3. The Labute approximate surface area is 80.8 Å². The first-order valence-corrected chi connectivity index (χ1v) is 5.16. The van der Waals surface area contributed by atoms with E-state index in [1.807, 2.05) is 0 Å². The van der Waals surface area contributed by atoms with Crippen LogP contribution in [-0.4, -0.2) is 13.9 Å². The molecule has 0 aliphatic heterocycles. The maximum atomic E-state index is 10.3. The molecule has 1 atom stereocenters. The fourth-order valence-electron chi connectivity index (χ4n) is 0.797. The first-order valence-electron chi connectivity index (χ1n) is 3.13. The lowest BCUT2D eigenvalue weighted by atomic mass is 10.2. The second-order valence-corrected chi connectivity index (χ2v) is 4.03. The van der Waals surface area contributed by atoms with Crippen molar-refractivity contribution in [2.45, 2.75) is 5.75 Å². The Morgan fingerprint density at radius 2 is 2.25 bits per heavy atom. The molecule has 12 heavy (non-hydrogen) atoms. The highest BCUT2D eigenvalue weighted by Gasteiger charge is 2.00. The predicted octanol–water partition coefficient (Wildman–Crippen LogP) is 1.53. The first-order chi connectivity index (χ1) is 5.59. The van der Waals surface area contributed by atoms with Gasteiger partial charge in [0.1, 0.15) is 5.75 Å². The van der Waals surface area contributed by atoms with Crippen LogP contribution in [-0.2, 0) is 16.8 Å². The Kier molecular flexibility index (Phi) is 3.25. The number of hydrogen-bond acceptors (Lipinski definition) is 3. The fraction of sp³-hybridized carbons (Fsp3) is 0.143. The van der Waals surface area contributed by atoms with E-state index in [0.29, 0.717) is 5.56 Å². The third kappa shape index (κ3) is 2.58. The fourth-order valence-corrected chi connectivity index (χ4v) is 1.69. The molecule has 0 aromatic heterocycles. The summed E-state index contributed by atoms with van der Waals surface area (Å²) >= 11 is 1.01. The zero-order chi connectivity index (χ0) is 9.14. The van der Waals surface area contributed by atoms with E-state index in [-0.39, 0.29) is 11.5 Å². The molecule has 0 heterocycles. The molecule has 1 unspecified atom stereocenters. The molecular weight excluding hydrogens is 244 g/mol. The van der Waals surface area contributed by atoms with Crippen molar-refractivity contribution in [3.05, 3.63) is 28.2 Å². The summed E-state index contributed by atoms with van der Waals surface area (Å²) in [6, 6.07) is 4.67. The highest BCUT2D eigenvalue weighted by molar-refractivity contribution is 9.10. The number of phenols is 1. The smallest absolute Gasteiger partial charge is 0.119 e. The van der Waals surface area contributed by atoms with Crippen LogP contribution in [0.25, 0.3) is 0 Å². The minimum atomic E-state index is -2.17. The van der Waals surface area contributed by atoms with Crippen molar-refractivity contribution in [1.82, 2.24) is 0 Å². The Balaban J connectivity index is 2.97. The van der Waals surface area contributed by atoms with Gasteiger partial charge in [-0.05, 0) is 18.2 Å². The van der Waals surface area contributed by atoms with Gasteiger partial charge in [0.25, 0.3) is 0 Å². The van der Waals surface area contributed by atoms with Crippen molar-refractivity contribution < 1.29 is 13.9 Å². The summed E-state index contributed by atoms with van der Waals surface area (Å²) in [4.78, 5) is 0. The molecule has 3 nitrogen and oxygen atoms in total. The number of aromatic hydroxyl groups is 1. The van der Waals surface area contributed by atoms with E-state index in [0.717, 1.165) is 4.47 Å². The molecule has 0 saturated carbocycles. The van der Waals surface area contributed by atoms with Gasteiger partial charge >= 0.3 is 0 Å². The zero-order valence-corrected chi connectivity index (χ0v) is 8.39. The van der Waals surface area contributed by atoms with Gasteiger partial charge in [-0.3, -0.25) is 4.21 Å². The standard InChI is InChI=1S/C7H7BrO3S/c8-6-1-2-7(9)5(3-6)4-12(10)11/h1-3,9H,4H2,(H,10,11)/p-1. The molecule has 0 saturated heterocycles. The Morgan fingerprint density at radius 1 is 1.58 bits per heavy atom. The molecule has 0 fully saturated rings. The topological polar surface area (TPSA) is 60.4 Å². The molecule has 0 aliphatic rings. The van der Waals surface area contributed by atoms with Gasteiger partial charge in [-0.2, -0.15) is 0 Å². The highest BCUT2D eigenvalue weighted by atomic mass is 79.9. The second-order valence-electron chi connectivity index (χ2n) is 2.22.